The highest BCUT2D eigenvalue weighted by molar-refractivity contribution is 7.90. The molecule has 14 nitrogen and oxygen atoms in total. The van der Waals surface area contributed by atoms with Crippen LogP contribution < -0.4 is 14.9 Å². The monoisotopic (exact) mass is 932 g/mol. The number of nitrogens with zero attached hydrogens (tertiary/aromatic N) is 5. The van der Waals surface area contributed by atoms with Crippen molar-refractivity contribution in [2.75, 3.05) is 55.4 Å². The average molecular weight is 933 g/mol. The highest BCUT2D eigenvalue weighted by Crippen LogP contribution is 2.36. The zero-order chi connectivity index (χ0) is 46.6. The third-order valence-corrected chi connectivity index (χ3v) is 16.1. The van der Waals surface area contributed by atoms with E-state index in [4.69, 9.17) is 0 Å². The second-order valence-corrected chi connectivity index (χ2v) is 20.3. The van der Waals surface area contributed by atoms with Crippen molar-refractivity contribution in [2.24, 2.45) is 5.92 Å². The maximum absolute atomic E-state index is 15.6. The highest BCUT2D eigenvalue weighted by Gasteiger charge is 2.40. The summed E-state index contributed by atoms with van der Waals surface area (Å²) in [5.74, 6) is -1.16. The maximum Gasteiger partial charge on any atom is 0.301 e. The van der Waals surface area contributed by atoms with Gasteiger partial charge in [0.05, 0.1) is 11.3 Å². The van der Waals surface area contributed by atoms with Gasteiger partial charge in [-0.25, -0.2) is 13.8 Å². The molecule has 2 aromatic heterocycles. The molecule has 2 atom stereocenters. The Kier molecular flexibility index (Phi) is 12.2. The minimum atomic E-state index is -4.12. The van der Waals surface area contributed by atoms with Crippen molar-refractivity contribution in [3.63, 3.8) is 0 Å². The predicted molar refractivity (Wildman–Crippen MR) is 250 cm³/mol. The van der Waals surface area contributed by atoms with E-state index in [0.717, 1.165) is 91.2 Å². The molecule has 1 unspecified atom stereocenters. The normalized spacial score (nSPS) is 21.3. The number of rotatable bonds is 12. The van der Waals surface area contributed by atoms with Gasteiger partial charge in [-0.2, -0.15) is 12.7 Å². The van der Waals surface area contributed by atoms with E-state index in [1.54, 1.807) is 18.0 Å². The number of alkyl halides is 1. The Morgan fingerprint density at radius 1 is 0.896 bits per heavy atom. The van der Waals surface area contributed by atoms with E-state index < -0.39 is 34.0 Å². The number of fused-ring (bicyclic) bond motifs is 2. The number of aromatic amines is 1. The molecule has 10 rings (SSSR count). The number of hydrogen-bond donors (Lipinski definition) is 3. The number of carbonyl (C=O) groups excluding carboxylic acids is 4. The zero-order valence-electron chi connectivity index (χ0n) is 37.4. The summed E-state index contributed by atoms with van der Waals surface area (Å²) >= 11 is 0. The van der Waals surface area contributed by atoms with Crippen LogP contribution in [0.4, 0.5) is 20.2 Å². The molecule has 5 aromatic rings. The minimum absolute atomic E-state index is 0.0321. The highest BCUT2D eigenvalue weighted by atomic mass is 32.2. The van der Waals surface area contributed by atoms with E-state index in [0.29, 0.717) is 41.4 Å². The topological polar surface area (TPSA) is 168 Å². The van der Waals surface area contributed by atoms with Crippen molar-refractivity contribution in [1.29, 1.82) is 0 Å². The van der Waals surface area contributed by atoms with Gasteiger partial charge in [0.1, 0.15) is 23.7 Å². The Hall–Kier alpha value is -6.04. The number of nitrogens with one attached hydrogen (secondary N) is 3. The molecule has 3 amide bonds. The molecule has 3 N–H and O–H groups in total. The first kappa shape index (κ1) is 44.8. The van der Waals surface area contributed by atoms with Gasteiger partial charge in [-0.1, -0.05) is 31.2 Å². The van der Waals surface area contributed by atoms with Crippen molar-refractivity contribution in [2.45, 2.75) is 83.0 Å². The number of halogens is 2. The van der Waals surface area contributed by atoms with E-state index in [2.05, 4.69) is 54.1 Å². The van der Waals surface area contributed by atoms with E-state index in [-0.39, 0.29) is 72.5 Å². The van der Waals surface area contributed by atoms with Crippen molar-refractivity contribution in [1.82, 2.24) is 29.4 Å². The standard InChI is InChI=1S/C50H54F2N8O6S/c1-2-38-43(56-67(65,66)59-22-17-36(51)29-59)10-9-42(52)46(38)47(62)41-26-54-48-40(41)24-34(25-53-48)31-3-6-37(7-4-31)58-20-13-30(14-21-58)27-57-18-15-32(16-19-57)33-5-8-39-35(23-33)28-60(50(39)64)44-11-12-45(61)55-49(44)63/h3-10,23-26,30,32,36,44,56H,2,11-22,27-29H2,1H3,(H,53,54)(H,55,61,63)/t36?,44-/m0/s1. The van der Waals surface area contributed by atoms with Gasteiger partial charge >= 0.3 is 10.2 Å². The van der Waals surface area contributed by atoms with Crippen LogP contribution in [-0.4, -0.2) is 114 Å². The number of anilines is 2. The van der Waals surface area contributed by atoms with Crippen molar-refractivity contribution in [3.05, 3.63) is 112 Å². The minimum Gasteiger partial charge on any atom is -0.372 e. The lowest BCUT2D eigenvalue weighted by molar-refractivity contribution is -0.136. The molecule has 0 radical (unpaired) electrons. The Morgan fingerprint density at radius 2 is 1.67 bits per heavy atom. The van der Waals surface area contributed by atoms with Gasteiger partial charge in [0.25, 0.3) is 5.91 Å². The molecular formula is C50H54F2N8O6S. The lowest BCUT2D eigenvalue weighted by atomic mass is 9.87. The molecule has 4 fully saturated rings. The Bertz CT molecular complexity index is 2870. The van der Waals surface area contributed by atoms with Gasteiger partial charge in [-0.3, -0.25) is 29.2 Å². The third kappa shape index (κ3) is 8.84. The number of hydrogen-bond acceptors (Lipinski definition) is 9. The van der Waals surface area contributed by atoms with Gasteiger partial charge < -0.3 is 19.7 Å². The summed E-state index contributed by atoms with van der Waals surface area (Å²) in [6.45, 7) is 6.94. The van der Waals surface area contributed by atoms with Crippen LogP contribution >= 0.6 is 0 Å². The van der Waals surface area contributed by atoms with Gasteiger partial charge in [-0.15, -0.1) is 0 Å². The molecular weight excluding hydrogens is 879 g/mol. The molecule has 0 saturated carbocycles. The molecule has 7 heterocycles. The van der Waals surface area contributed by atoms with Crippen LogP contribution in [0.1, 0.15) is 101 Å². The summed E-state index contributed by atoms with van der Waals surface area (Å²) in [6, 6.07) is 18.1. The molecule has 3 aromatic carbocycles. The summed E-state index contributed by atoms with van der Waals surface area (Å²) in [7, 11) is -4.12. The Balaban J connectivity index is 0.736. The molecule has 5 aliphatic heterocycles. The molecule has 17 heteroatoms. The summed E-state index contributed by atoms with van der Waals surface area (Å²) < 4.78 is 59.1. The van der Waals surface area contributed by atoms with Crippen LogP contribution in [0.5, 0.6) is 0 Å². The van der Waals surface area contributed by atoms with Crippen LogP contribution in [0.3, 0.4) is 0 Å². The van der Waals surface area contributed by atoms with Gasteiger partial charge in [0, 0.05) is 85.8 Å². The quantitative estimate of drug-likeness (QED) is 0.0909. The lowest BCUT2D eigenvalue weighted by Gasteiger charge is -2.38. The first-order valence-corrected chi connectivity index (χ1v) is 24.9. The number of benzene rings is 3. The zero-order valence-corrected chi connectivity index (χ0v) is 38.2. The van der Waals surface area contributed by atoms with Crippen molar-refractivity contribution < 1.29 is 36.4 Å². The number of piperidine rings is 3. The number of pyridine rings is 1. The second kappa shape index (κ2) is 18.2. The number of aromatic nitrogens is 2. The van der Waals surface area contributed by atoms with E-state index in [1.165, 1.54) is 17.8 Å². The largest absolute Gasteiger partial charge is 0.372 e. The van der Waals surface area contributed by atoms with Gasteiger partial charge in [0.15, 0.2) is 5.78 Å². The maximum atomic E-state index is 15.6. The number of imide groups is 1. The predicted octanol–water partition coefficient (Wildman–Crippen LogP) is 6.72. The van der Waals surface area contributed by atoms with Crippen LogP contribution in [0, 0.1) is 11.7 Å². The van der Waals surface area contributed by atoms with Crippen molar-refractivity contribution >= 4 is 56.1 Å². The molecule has 4 saturated heterocycles. The van der Waals surface area contributed by atoms with Crippen LogP contribution in [0.25, 0.3) is 22.2 Å². The van der Waals surface area contributed by atoms with Gasteiger partial charge in [-0.05, 0) is 129 Å². The third-order valence-electron chi connectivity index (χ3n) is 14.6. The fourth-order valence-corrected chi connectivity index (χ4v) is 12.1. The molecule has 5 aliphatic rings. The van der Waals surface area contributed by atoms with E-state index >= 15 is 4.39 Å². The fraction of sp³-hybridized carbons (Fsp3) is 0.420. The Labute approximate surface area is 388 Å². The lowest BCUT2D eigenvalue weighted by Crippen LogP contribution is -2.52. The number of ketones is 1. The summed E-state index contributed by atoms with van der Waals surface area (Å²) in [5.41, 5.74) is 6.42. The number of amides is 3. The Morgan fingerprint density at radius 3 is 2.39 bits per heavy atom. The fourth-order valence-electron chi connectivity index (χ4n) is 10.8. The summed E-state index contributed by atoms with van der Waals surface area (Å²) in [6.07, 6.45) is 7.16. The molecule has 350 valence electrons. The van der Waals surface area contributed by atoms with Gasteiger partial charge in [0.2, 0.25) is 11.8 Å². The van der Waals surface area contributed by atoms with Crippen molar-refractivity contribution in [3.8, 4) is 11.1 Å². The van der Waals surface area contributed by atoms with E-state index in [1.807, 2.05) is 24.3 Å². The molecule has 0 bridgehead atoms. The summed E-state index contributed by atoms with van der Waals surface area (Å²) in [5, 5.41) is 2.89. The average Bonchev–Trinajstić information content (AvgIpc) is 4.06. The second-order valence-electron chi connectivity index (χ2n) is 18.7. The smallest absolute Gasteiger partial charge is 0.301 e. The van der Waals surface area contributed by atoms with Crippen LogP contribution in [-0.2, 0) is 32.8 Å². The molecule has 0 aliphatic carbocycles. The van der Waals surface area contributed by atoms with Crippen LogP contribution in [0.15, 0.2) is 73.1 Å². The number of H-pyrrole nitrogens is 1. The SMILES string of the molecule is CCc1c(NS(=O)(=O)N2CCC(F)C2)ccc(F)c1C(=O)c1c[nH]c2ncc(-c3ccc(N4CCC(CN5CCC(c6ccc7c(c6)CN([C@H]6CCC(=O)NC6=O)C7=O)CC5)CC4)cc3)cc12. The first-order chi connectivity index (χ1) is 32.3. The summed E-state index contributed by atoms with van der Waals surface area (Å²) in [4.78, 5) is 65.8. The molecule has 0 spiro atoms. The number of carbonyl (C=O) groups is 4. The number of likely N-dealkylation sites (tertiary alicyclic amines) is 1. The van der Waals surface area contributed by atoms with E-state index in [9.17, 15) is 32.0 Å². The first-order valence-electron chi connectivity index (χ1n) is 23.4. The molecule has 67 heavy (non-hydrogen) atoms. The van der Waals surface area contributed by atoms with Crippen LogP contribution in [0.2, 0.25) is 0 Å².